The van der Waals surface area contributed by atoms with Crippen molar-refractivity contribution < 1.29 is 9.21 Å². The summed E-state index contributed by atoms with van der Waals surface area (Å²) in [6.45, 7) is 0. The minimum atomic E-state index is -0.793. The van der Waals surface area contributed by atoms with E-state index in [1.165, 1.54) is 6.08 Å². The van der Waals surface area contributed by atoms with Gasteiger partial charge in [0.25, 0.3) is 5.91 Å². The van der Waals surface area contributed by atoms with E-state index in [0.29, 0.717) is 16.5 Å². The molecule has 19 heavy (non-hydrogen) atoms. The molecule has 94 valence electrons. The molecule has 0 spiro atoms. The first-order valence-electron chi connectivity index (χ1n) is 5.38. The SMILES string of the molecule is N#CC(=Cc1ccc(-c2ccccc2Cl)o1)C(N)=O. The van der Waals surface area contributed by atoms with Gasteiger partial charge < -0.3 is 10.2 Å². The van der Waals surface area contributed by atoms with Crippen LogP contribution in [0.4, 0.5) is 0 Å². The Labute approximate surface area is 114 Å². The molecule has 4 nitrogen and oxygen atoms in total. The topological polar surface area (TPSA) is 80.0 Å². The van der Waals surface area contributed by atoms with Gasteiger partial charge in [-0.25, -0.2) is 0 Å². The third-order valence-corrected chi connectivity index (χ3v) is 2.77. The van der Waals surface area contributed by atoms with Gasteiger partial charge in [0.2, 0.25) is 0 Å². The first kappa shape index (κ1) is 12.9. The van der Waals surface area contributed by atoms with Crippen LogP contribution < -0.4 is 5.73 Å². The molecule has 1 aromatic heterocycles. The van der Waals surface area contributed by atoms with Crippen LogP contribution in [0, 0.1) is 11.3 Å². The molecule has 0 radical (unpaired) electrons. The number of primary amides is 1. The largest absolute Gasteiger partial charge is 0.457 e. The number of carbonyl (C=O) groups excluding carboxylic acids is 1. The van der Waals surface area contributed by atoms with E-state index in [9.17, 15) is 4.79 Å². The molecule has 0 bridgehead atoms. The summed E-state index contributed by atoms with van der Waals surface area (Å²) in [4.78, 5) is 10.9. The van der Waals surface area contributed by atoms with Crippen molar-refractivity contribution in [3.63, 3.8) is 0 Å². The molecule has 1 aromatic carbocycles. The van der Waals surface area contributed by atoms with E-state index in [4.69, 9.17) is 27.0 Å². The second kappa shape index (κ2) is 5.42. The summed E-state index contributed by atoms with van der Waals surface area (Å²) < 4.78 is 5.51. The Morgan fingerprint density at radius 2 is 2.05 bits per heavy atom. The number of amides is 1. The highest BCUT2D eigenvalue weighted by molar-refractivity contribution is 6.33. The molecule has 2 N–H and O–H groups in total. The van der Waals surface area contributed by atoms with Gasteiger partial charge in [0.1, 0.15) is 23.2 Å². The minimum Gasteiger partial charge on any atom is -0.457 e. The van der Waals surface area contributed by atoms with Crippen LogP contribution in [0.25, 0.3) is 17.4 Å². The maximum absolute atomic E-state index is 10.9. The lowest BCUT2D eigenvalue weighted by Gasteiger charge is -1.99. The number of benzene rings is 1. The van der Waals surface area contributed by atoms with Gasteiger partial charge in [-0.05, 0) is 24.3 Å². The average Bonchev–Trinajstić information content (AvgIpc) is 2.84. The van der Waals surface area contributed by atoms with E-state index in [2.05, 4.69) is 0 Å². The van der Waals surface area contributed by atoms with Gasteiger partial charge in [0, 0.05) is 11.6 Å². The molecule has 0 atom stereocenters. The molecular weight excluding hydrogens is 264 g/mol. The Morgan fingerprint density at radius 1 is 1.32 bits per heavy atom. The van der Waals surface area contributed by atoms with Crippen LogP contribution in [0.15, 0.2) is 46.4 Å². The predicted octanol–water partition coefficient (Wildman–Crippen LogP) is 2.99. The van der Waals surface area contributed by atoms with E-state index in [1.807, 2.05) is 18.2 Å². The number of halogens is 1. The summed E-state index contributed by atoms with van der Waals surface area (Å²) in [6.07, 6.45) is 1.29. The lowest BCUT2D eigenvalue weighted by Crippen LogP contribution is -2.12. The smallest absolute Gasteiger partial charge is 0.259 e. The van der Waals surface area contributed by atoms with Crippen molar-refractivity contribution in [3.05, 3.63) is 52.8 Å². The second-order valence-corrected chi connectivity index (χ2v) is 4.12. The zero-order chi connectivity index (χ0) is 13.8. The molecule has 0 aliphatic rings. The third-order valence-electron chi connectivity index (χ3n) is 2.44. The Morgan fingerprint density at radius 3 is 2.68 bits per heavy atom. The molecule has 0 fully saturated rings. The zero-order valence-corrected chi connectivity index (χ0v) is 10.5. The molecule has 0 aliphatic carbocycles. The molecule has 5 heteroatoms. The van der Waals surface area contributed by atoms with Crippen LogP contribution in [0.2, 0.25) is 5.02 Å². The Balaban J connectivity index is 2.38. The highest BCUT2D eigenvalue weighted by atomic mass is 35.5. The first-order chi connectivity index (χ1) is 9.11. The van der Waals surface area contributed by atoms with Gasteiger partial charge in [0.15, 0.2) is 0 Å². The fourth-order valence-corrected chi connectivity index (χ4v) is 1.77. The van der Waals surface area contributed by atoms with Crippen molar-refractivity contribution in [1.29, 1.82) is 5.26 Å². The van der Waals surface area contributed by atoms with Crippen molar-refractivity contribution in [2.45, 2.75) is 0 Å². The third kappa shape index (κ3) is 2.84. The summed E-state index contributed by atoms with van der Waals surface area (Å²) >= 11 is 6.05. The molecular formula is C14H9ClN2O2. The van der Waals surface area contributed by atoms with Crippen molar-refractivity contribution in [3.8, 4) is 17.4 Å². The van der Waals surface area contributed by atoms with Crippen LogP contribution in [0.5, 0.6) is 0 Å². The fourth-order valence-electron chi connectivity index (χ4n) is 1.54. The van der Waals surface area contributed by atoms with E-state index >= 15 is 0 Å². The van der Waals surface area contributed by atoms with Crippen molar-refractivity contribution in [2.24, 2.45) is 5.73 Å². The fraction of sp³-hybridized carbons (Fsp3) is 0. The lowest BCUT2D eigenvalue weighted by atomic mass is 10.2. The van der Waals surface area contributed by atoms with Crippen LogP contribution >= 0.6 is 11.6 Å². The van der Waals surface area contributed by atoms with Gasteiger partial charge in [-0.1, -0.05) is 23.7 Å². The van der Waals surface area contributed by atoms with E-state index in [0.717, 1.165) is 5.56 Å². The van der Waals surface area contributed by atoms with E-state index in [1.54, 1.807) is 24.3 Å². The molecule has 2 rings (SSSR count). The number of nitrogens with two attached hydrogens (primary N) is 1. The Kier molecular flexibility index (Phi) is 3.69. The standard InChI is InChI=1S/C14H9ClN2O2/c15-12-4-2-1-3-11(12)13-6-5-10(19-13)7-9(8-16)14(17)18/h1-7H,(H2,17,18). The van der Waals surface area contributed by atoms with E-state index < -0.39 is 5.91 Å². The van der Waals surface area contributed by atoms with Crippen LogP contribution in [-0.2, 0) is 4.79 Å². The maximum atomic E-state index is 10.9. The van der Waals surface area contributed by atoms with Crippen molar-refractivity contribution in [2.75, 3.05) is 0 Å². The van der Waals surface area contributed by atoms with Gasteiger partial charge in [-0.3, -0.25) is 4.79 Å². The number of nitriles is 1. The van der Waals surface area contributed by atoms with Crippen molar-refractivity contribution in [1.82, 2.24) is 0 Å². The minimum absolute atomic E-state index is 0.167. The predicted molar refractivity (Wildman–Crippen MR) is 71.9 cm³/mol. The van der Waals surface area contributed by atoms with Gasteiger partial charge in [0.05, 0.1) is 5.02 Å². The van der Waals surface area contributed by atoms with Gasteiger partial charge >= 0.3 is 0 Å². The maximum Gasteiger partial charge on any atom is 0.259 e. The van der Waals surface area contributed by atoms with Gasteiger partial charge in [-0.15, -0.1) is 0 Å². The van der Waals surface area contributed by atoms with E-state index in [-0.39, 0.29) is 5.57 Å². The number of furan rings is 1. The summed E-state index contributed by atoms with van der Waals surface area (Å²) in [5, 5.41) is 9.30. The van der Waals surface area contributed by atoms with Crippen LogP contribution in [0.1, 0.15) is 5.76 Å². The van der Waals surface area contributed by atoms with Gasteiger partial charge in [-0.2, -0.15) is 5.26 Å². The van der Waals surface area contributed by atoms with Crippen LogP contribution in [0.3, 0.4) is 0 Å². The molecule has 0 aliphatic heterocycles. The number of hydrogen-bond donors (Lipinski definition) is 1. The monoisotopic (exact) mass is 272 g/mol. The zero-order valence-electron chi connectivity index (χ0n) is 9.76. The summed E-state index contributed by atoms with van der Waals surface area (Å²) in [7, 11) is 0. The molecule has 0 saturated heterocycles. The lowest BCUT2D eigenvalue weighted by molar-refractivity contribution is -0.114. The Hall–Kier alpha value is -2.51. The molecule has 1 heterocycles. The molecule has 1 amide bonds. The molecule has 0 saturated carbocycles. The van der Waals surface area contributed by atoms with Crippen LogP contribution in [-0.4, -0.2) is 5.91 Å². The average molecular weight is 273 g/mol. The highest BCUT2D eigenvalue weighted by Crippen LogP contribution is 2.29. The number of carbonyl (C=O) groups is 1. The molecule has 2 aromatic rings. The summed E-state index contributed by atoms with van der Waals surface area (Å²) in [5.74, 6) is 0.127. The number of rotatable bonds is 3. The summed E-state index contributed by atoms with van der Waals surface area (Å²) in [6, 6.07) is 12.3. The Bertz CT molecular complexity index is 695. The van der Waals surface area contributed by atoms with Crippen molar-refractivity contribution >= 4 is 23.6 Å². The highest BCUT2D eigenvalue weighted by Gasteiger charge is 2.09. The number of nitrogens with zero attached hydrogens (tertiary/aromatic N) is 1. The molecule has 0 unspecified atom stereocenters. The normalized spacial score (nSPS) is 11.1. The summed E-state index contributed by atoms with van der Waals surface area (Å²) in [5.41, 5.74) is 5.62. The number of hydrogen-bond acceptors (Lipinski definition) is 3. The quantitative estimate of drug-likeness (QED) is 0.689. The second-order valence-electron chi connectivity index (χ2n) is 3.72. The first-order valence-corrected chi connectivity index (χ1v) is 5.76.